The van der Waals surface area contributed by atoms with Crippen molar-refractivity contribution >= 4 is 23.1 Å². The van der Waals surface area contributed by atoms with Gasteiger partial charge < -0.3 is 10.2 Å². The Morgan fingerprint density at radius 1 is 1.03 bits per heavy atom. The lowest BCUT2D eigenvalue weighted by atomic mass is 9.95. The van der Waals surface area contributed by atoms with Gasteiger partial charge in [-0.1, -0.05) is 42.0 Å². The molecule has 29 heavy (non-hydrogen) atoms. The number of anilines is 1. The number of carbonyl (C=O) groups excluding carboxylic acids is 2. The lowest BCUT2D eigenvalue weighted by Gasteiger charge is -2.25. The number of aryl methyl sites for hydroxylation is 1. The Morgan fingerprint density at radius 3 is 2.45 bits per heavy atom. The zero-order valence-electron chi connectivity index (χ0n) is 15.6. The van der Waals surface area contributed by atoms with E-state index in [-0.39, 0.29) is 17.1 Å². The number of nitrogens with zero attached hydrogens (tertiary/aromatic N) is 2. The van der Waals surface area contributed by atoms with Crippen LogP contribution in [0.25, 0.3) is 5.76 Å². The fourth-order valence-electron chi connectivity index (χ4n) is 3.47. The van der Waals surface area contributed by atoms with Crippen molar-refractivity contribution in [3.63, 3.8) is 0 Å². The zero-order valence-corrected chi connectivity index (χ0v) is 15.6. The van der Waals surface area contributed by atoms with Gasteiger partial charge in [0.05, 0.1) is 23.5 Å². The second-order valence-corrected chi connectivity index (χ2v) is 6.84. The molecule has 1 aliphatic heterocycles. The summed E-state index contributed by atoms with van der Waals surface area (Å²) in [6.07, 6.45) is 3.04. The molecule has 1 unspecified atom stereocenters. The highest BCUT2D eigenvalue weighted by Gasteiger charge is 2.47. The van der Waals surface area contributed by atoms with Crippen LogP contribution < -0.4 is 4.90 Å². The van der Waals surface area contributed by atoms with E-state index in [4.69, 9.17) is 0 Å². The Bertz CT molecular complexity index is 1120. The summed E-state index contributed by atoms with van der Waals surface area (Å²) in [5.41, 5.74) is 2.33. The number of phenols is 1. The van der Waals surface area contributed by atoms with E-state index in [1.54, 1.807) is 42.6 Å². The van der Waals surface area contributed by atoms with Gasteiger partial charge in [0.1, 0.15) is 11.5 Å². The topological polar surface area (TPSA) is 90.7 Å². The number of phenolic OH excluding ortho intramolecular Hbond substituents is 1. The number of pyridine rings is 1. The normalized spacial score (nSPS) is 18.2. The molecule has 0 aliphatic carbocycles. The molecule has 144 valence electrons. The van der Waals surface area contributed by atoms with Crippen LogP contribution in [-0.2, 0) is 9.59 Å². The highest BCUT2D eigenvalue weighted by atomic mass is 16.3. The zero-order chi connectivity index (χ0) is 20.5. The predicted molar refractivity (Wildman–Crippen MR) is 108 cm³/mol. The molecule has 1 fully saturated rings. The number of benzene rings is 2. The van der Waals surface area contributed by atoms with Crippen molar-refractivity contribution in [1.82, 2.24) is 4.98 Å². The Labute approximate surface area is 167 Å². The number of aliphatic hydroxyl groups excluding tert-OH is 1. The minimum absolute atomic E-state index is 0.00499. The predicted octanol–water partition coefficient (Wildman–Crippen LogP) is 3.72. The Morgan fingerprint density at radius 2 is 1.79 bits per heavy atom. The van der Waals surface area contributed by atoms with Gasteiger partial charge in [-0.15, -0.1) is 0 Å². The highest BCUT2D eigenvalue weighted by Crippen LogP contribution is 2.42. The van der Waals surface area contributed by atoms with Gasteiger partial charge in [-0.3, -0.25) is 19.5 Å². The van der Waals surface area contributed by atoms with Crippen molar-refractivity contribution in [2.45, 2.75) is 13.0 Å². The number of carbonyl (C=O) groups is 2. The SMILES string of the molecule is Cc1ccc(/C(O)=C2\C(=O)C(=O)N(c3cccnc3)C2c2cccc(O)c2)cc1. The van der Waals surface area contributed by atoms with Gasteiger partial charge >= 0.3 is 0 Å². The molecular weight excluding hydrogens is 368 g/mol. The minimum atomic E-state index is -0.896. The van der Waals surface area contributed by atoms with E-state index < -0.39 is 17.7 Å². The van der Waals surface area contributed by atoms with Gasteiger partial charge in [-0.2, -0.15) is 0 Å². The summed E-state index contributed by atoms with van der Waals surface area (Å²) in [5, 5.41) is 20.9. The van der Waals surface area contributed by atoms with Crippen molar-refractivity contribution in [3.8, 4) is 5.75 Å². The van der Waals surface area contributed by atoms with Gasteiger partial charge in [-0.05, 0) is 36.8 Å². The third kappa shape index (κ3) is 3.25. The summed E-state index contributed by atoms with van der Waals surface area (Å²) in [7, 11) is 0. The molecule has 0 saturated carbocycles. The molecule has 6 nitrogen and oxygen atoms in total. The number of hydrogen-bond donors (Lipinski definition) is 2. The van der Waals surface area contributed by atoms with E-state index in [9.17, 15) is 19.8 Å². The molecule has 1 atom stereocenters. The number of Topliss-reactive ketones (excluding diaryl/α,β-unsaturated/α-hetero) is 1. The number of amides is 1. The molecule has 1 aliphatic rings. The van der Waals surface area contributed by atoms with Crippen molar-refractivity contribution in [3.05, 3.63) is 95.3 Å². The van der Waals surface area contributed by atoms with E-state index >= 15 is 0 Å². The maximum atomic E-state index is 12.9. The Kier molecular flexibility index (Phi) is 4.60. The molecule has 3 aromatic rings. The van der Waals surface area contributed by atoms with Crippen molar-refractivity contribution in [2.75, 3.05) is 4.90 Å². The van der Waals surface area contributed by atoms with Crippen molar-refractivity contribution < 1.29 is 19.8 Å². The summed E-state index contributed by atoms with van der Waals surface area (Å²) < 4.78 is 0. The Balaban J connectivity index is 1.95. The minimum Gasteiger partial charge on any atom is -0.508 e. The Hall–Kier alpha value is -3.93. The van der Waals surface area contributed by atoms with E-state index in [1.165, 1.54) is 23.2 Å². The molecule has 1 saturated heterocycles. The largest absolute Gasteiger partial charge is 0.508 e. The maximum Gasteiger partial charge on any atom is 0.300 e. The maximum absolute atomic E-state index is 12.9. The molecule has 0 radical (unpaired) electrons. The van der Waals surface area contributed by atoms with Crippen LogP contribution in [-0.4, -0.2) is 26.9 Å². The molecule has 1 amide bonds. The quantitative estimate of drug-likeness (QED) is 0.407. The van der Waals surface area contributed by atoms with Crippen molar-refractivity contribution in [1.29, 1.82) is 0 Å². The third-order valence-electron chi connectivity index (χ3n) is 4.88. The molecule has 0 bridgehead atoms. The lowest BCUT2D eigenvalue weighted by molar-refractivity contribution is -0.132. The van der Waals surface area contributed by atoms with Crippen molar-refractivity contribution in [2.24, 2.45) is 0 Å². The van der Waals surface area contributed by atoms with Crippen LogP contribution >= 0.6 is 0 Å². The van der Waals surface area contributed by atoms with E-state index in [1.807, 2.05) is 19.1 Å². The highest BCUT2D eigenvalue weighted by molar-refractivity contribution is 6.51. The van der Waals surface area contributed by atoms with Crippen LogP contribution in [0.2, 0.25) is 0 Å². The molecule has 0 spiro atoms. The van der Waals surface area contributed by atoms with E-state index in [2.05, 4.69) is 4.98 Å². The molecule has 2 N–H and O–H groups in total. The van der Waals surface area contributed by atoms with E-state index in [0.717, 1.165) is 5.56 Å². The molecule has 6 heteroatoms. The fraction of sp³-hybridized carbons (Fsp3) is 0.0870. The number of aliphatic hydroxyl groups is 1. The summed E-state index contributed by atoms with van der Waals surface area (Å²) in [4.78, 5) is 31.2. The van der Waals surface area contributed by atoms with Crippen LogP contribution in [0.3, 0.4) is 0 Å². The summed E-state index contributed by atoms with van der Waals surface area (Å²) in [5.74, 6) is -1.82. The van der Waals surface area contributed by atoms with Gasteiger partial charge in [0.25, 0.3) is 11.7 Å². The third-order valence-corrected chi connectivity index (χ3v) is 4.88. The molecule has 2 heterocycles. The first kappa shape index (κ1) is 18.4. The van der Waals surface area contributed by atoms with Crippen LogP contribution in [0.15, 0.2) is 78.6 Å². The standard InChI is InChI=1S/C23H18N2O4/c1-14-7-9-15(10-8-14)21(27)19-20(16-4-2-6-18(26)12-16)25(23(29)22(19)28)17-5-3-11-24-13-17/h2-13,20,26-27H,1H3/b21-19+. The van der Waals surface area contributed by atoms with Gasteiger partial charge in [0.15, 0.2) is 0 Å². The molecule has 4 rings (SSSR count). The van der Waals surface area contributed by atoms with Crippen LogP contribution in [0, 0.1) is 6.92 Å². The monoisotopic (exact) mass is 386 g/mol. The first-order valence-corrected chi connectivity index (χ1v) is 9.04. The average molecular weight is 386 g/mol. The van der Waals surface area contributed by atoms with E-state index in [0.29, 0.717) is 16.8 Å². The number of aromatic hydroxyl groups is 1. The first-order valence-electron chi connectivity index (χ1n) is 9.04. The number of hydrogen-bond acceptors (Lipinski definition) is 5. The molecule has 2 aromatic carbocycles. The average Bonchev–Trinajstić information content (AvgIpc) is 2.99. The molecule has 1 aromatic heterocycles. The molecular formula is C23H18N2O4. The summed E-state index contributed by atoms with van der Waals surface area (Å²) in [6.45, 7) is 1.91. The van der Waals surface area contributed by atoms with Gasteiger partial charge in [-0.25, -0.2) is 0 Å². The summed E-state index contributed by atoms with van der Waals surface area (Å²) >= 11 is 0. The second-order valence-electron chi connectivity index (χ2n) is 6.84. The van der Waals surface area contributed by atoms with Gasteiger partial charge in [0.2, 0.25) is 0 Å². The number of rotatable bonds is 3. The number of ketones is 1. The van der Waals surface area contributed by atoms with Crippen LogP contribution in [0.1, 0.15) is 22.7 Å². The second kappa shape index (κ2) is 7.24. The van der Waals surface area contributed by atoms with Crippen LogP contribution in [0.4, 0.5) is 5.69 Å². The van der Waals surface area contributed by atoms with Crippen LogP contribution in [0.5, 0.6) is 5.75 Å². The number of aromatic nitrogens is 1. The lowest BCUT2D eigenvalue weighted by Crippen LogP contribution is -2.29. The first-order chi connectivity index (χ1) is 14.0. The summed E-state index contributed by atoms with van der Waals surface area (Å²) in [6, 6.07) is 15.7. The fourth-order valence-corrected chi connectivity index (χ4v) is 3.47. The van der Waals surface area contributed by atoms with Gasteiger partial charge in [0, 0.05) is 11.8 Å². The smallest absolute Gasteiger partial charge is 0.300 e.